The summed E-state index contributed by atoms with van der Waals surface area (Å²) in [5.74, 6) is -0.314. The first-order chi connectivity index (χ1) is 15.4. The van der Waals surface area contributed by atoms with Crippen LogP contribution in [0.4, 0.5) is 5.69 Å². The molecule has 1 saturated heterocycles. The molecule has 0 saturated carbocycles. The molecule has 2 aliphatic heterocycles. The molecule has 3 atom stereocenters. The zero-order valence-corrected chi connectivity index (χ0v) is 18.4. The van der Waals surface area contributed by atoms with Gasteiger partial charge in [-0.05, 0) is 48.4 Å². The Morgan fingerprint density at radius 1 is 1.00 bits per heavy atom. The van der Waals surface area contributed by atoms with Gasteiger partial charge in [0.25, 0.3) is 15.9 Å². The van der Waals surface area contributed by atoms with E-state index in [0.29, 0.717) is 11.3 Å². The number of likely N-dealkylation sites (tertiary alicyclic amines) is 1. The molecule has 1 N–H and O–H groups in total. The van der Waals surface area contributed by atoms with E-state index in [4.69, 9.17) is 0 Å². The number of carbonyl (C=O) groups excluding carboxylic acids is 1. The predicted octanol–water partition coefficient (Wildman–Crippen LogP) is 3.17. The van der Waals surface area contributed by atoms with E-state index in [9.17, 15) is 18.3 Å². The van der Waals surface area contributed by atoms with Gasteiger partial charge in [-0.2, -0.15) is 0 Å². The molecule has 3 aromatic carbocycles. The summed E-state index contributed by atoms with van der Waals surface area (Å²) in [5, 5.41) is 10.1. The molecular formula is C25H24N2O4S. The number of amides is 1. The van der Waals surface area contributed by atoms with Crippen molar-refractivity contribution >= 4 is 21.6 Å². The quantitative estimate of drug-likeness (QED) is 0.665. The Bertz CT molecular complexity index is 1280. The molecule has 7 heteroatoms. The number of fused-ring (bicyclic) bond motifs is 3. The standard InChI is InChI=1S/C25H24N2O4S/c1-17-8-7-11-19(14-17)32(30,31)26-15-22-24(20-12-5-6-13-21(20)26)23(16-28)27(22)25(29)18-9-3-2-4-10-18/h2-14,22-24,28H,15-16H2,1H3/t22-,23-,24+/m0/s1. The molecule has 32 heavy (non-hydrogen) atoms. The number of benzene rings is 3. The summed E-state index contributed by atoms with van der Waals surface area (Å²) in [6, 6.07) is 22.4. The fraction of sp³-hybridized carbons (Fsp3) is 0.240. The van der Waals surface area contributed by atoms with Crippen molar-refractivity contribution < 1.29 is 18.3 Å². The molecule has 3 aromatic rings. The Hall–Kier alpha value is -3.16. The van der Waals surface area contributed by atoms with Crippen molar-refractivity contribution in [3.8, 4) is 0 Å². The Balaban J connectivity index is 1.58. The number of nitrogens with zero attached hydrogens (tertiary/aromatic N) is 2. The van der Waals surface area contributed by atoms with Gasteiger partial charge >= 0.3 is 0 Å². The lowest BCUT2D eigenvalue weighted by Gasteiger charge is -2.58. The van der Waals surface area contributed by atoms with Gasteiger partial charge in [-0.15, -0.1) is 0 Å². The zero-order valence-electron chi connectivity index (χ0n) is 17.6. The molecule has 0 unspecified atom stereocenters. The average molecular weight is 449 g/mol. The van der Waals surface area contributed by atoms with Gasteiger partial charge in [0.15, 0.2) is 0 Å². The fourth-order valence-corrected chi connectivity index (χ4v) is 6.60. The number of aliphatic hydroxyl groups is 1. The maximum atomic E-state index is 13.6. The number of hydrogen-bond acceptors (Lipinski definition) is 4. The Labute approximate surface area is 187 Å². The number of para-hydroxylation sites is 1. The summed E-state index contributed by atoms with van der Waals surface area (Å²) in [5.41, 5.74) is 2.84. The molecule has 0 radical (unpaired) electrons. The van der Waals surface area contributed by atoms with Gasteiger partial charge in [0.1, 0.15) is 0 Å². The van der Waals surface area contributed by atoms with Gasteiger partial charge in [-0.25, -0.2) is 8.42 Å². The van der Waals surface area contributed by atoms with Gasteiger partial charge in [-0.1, -0.05) is 48.5 Å². The second-order valence-electron chi connectivity index (χ2n) is 8.33. The Kier molecular flexibility index (Phi) is 5.03. The second kappa shape index (κ2) is 7.76. The van der Waals surface area contributed by atoms with Crippen molar-refractivity contribution in [2.45, 2.75) is 29.8 Å². The number of hydrogen-bond donors (Lipinski definition) is 1. The highest BCUT2D eigenvalue weighted by molar-refractivity contribution is 7.92. The van der Waals surface area contributed by atoms with Crippen molar-refractivity contribution in [2.75, 3.05) is 17.5 Å². The van der Waals surface area contributed by atoms with Crippen LogP contribution in [0.25, 0.3) is 0 Å². The third-order valence-corrected chi connectivity index (χ3v) is 8.26. The number of sulfonamides is 1. The van der Waals surface area contributed by atoms with E-state index in [2.05, 4.69) is 0 Å². The first-order valence-corrected chi connectivity index (χ1v) is 12.0. The molecule has 5 rings (SSSR count). The van der Waals surface area contributed by atoms with E-state index in [1.807, 2.05) is 37.3 Å². The Morgan fingerprint density at radius 2 is 1.72 bits per heavy atom. The van der Waals surface area contributed by atoms with Crippen LogP contribution in [0.2, 0.25) is 0 Å². The lowest BCUT2D eigenvalue weighted by molar-refractivity contribution is -0.0235. The highest BCUT2D eigenvalue weighted by Crippen LogP contribution is 2.49. The minimum absolute atomic E-state index is 0.118. The summed E-state index contributed by atoms with van der Waals surface area (Å²) >= 11 is 0. The Morgan fingerprint density at radius 3 is 2.44 bits per heavy atom. The highest BCUT2D eigenvalue weighted by atomic mass is 32.2. The van der Waals surface area contributed by atoms with E-state index < -0.39 is 16.1 Å². The van der Waals surface area contributed by atoms with Crippen LogP contribution in [-0.4, -0.2) is 49.6 Å². The molecule has 164 valence electrons. The van der Waals surface area contributed by atoms with Crippen LogP contribution < -0.4 is 4.31 Å². The van der Waals surface area contributed by atoms with Crippen LogP contribution >= 0.6 is 0 Å². The minimum atomic E-state index is -3.83. The maximum Gasteiger partial charge on any atom is 0.264 e. The van der Waals surface area contributed by atoms with Gasteiger partial charge in [-0.3, -0.25) is 9.10 Å². The maximum absolute atomic E-state index is 13.6. The van der Waals surface area contributed by atoms with Gasteiger partial charge in [0, 0.05) is 11.5 Å². The second-order valence-corrected chi connectivity index (χ2v) is 10.2. The largest absolute Gasteiger partial charge is 0.394 e. The normalized spacial score (nSPS) is 22.0. The van der Waals surface area contributed by atoms with E-state index in [1.54, 1.807) is 53.4 Å². The average Bonchev–Trinajstić information content (AvgIpc) is 2.79. The number of aryl methyl sites for hydroxylation is 1. The molecule has 2 aliphatic rings. The van der Waals surface area contributed by atoms with Crippen LogP contribution in [0.15, 0.2) is 83.8 Å². The summed E-state index contributed by atoms with van der Waals surface area (Å²) in [7, 11) is -3.83. The molecule has 1 amide bonds. The monoisotopic (exact) mass is 448 g/mol. The van der Waals surface area contributed by atoms with Crippen LogP contribution in [0.1, 0.15) is 27.4 Å². The summed E-state index contributed by atoms with van der Waals surface area (Å²) in [4.78, 5) is 15.2. The predicted molar refractivity (Wildman–Crippen MR) is 122 cm³/mol. The molecule has 0 bridgehead atoms. The van der Waals surface area contributed by atoms with Gasteiger partial charge in [0.05, 0.1) is 35.8 Å². The van der Waals surface area contributed by atoms with E-state index in [-0.39, 0.29) is 35.9 Å². The van der Waals surface area contributed by atoms with Crippen molar-refractivity contribution in [1.82, 2.24) is 4.90 Å². The van der Waals surface area contributed by atoms with Crippen molar-refractivity contribution in [3.05, 3.63) is 95.6 Å². The fourth-order valence-electron chi connectivity index (χ4n) is 4.99. The van der Waals surface area contributed by atoms with Crippen LogP contribution in [-0.2, 0) is 10.0 Å². The van der Waals surface area contributed by atoms with Crippen LogP contribution in [0.3, 0.4) is 0 Å². The highest BCUT2D eigenvalue weighted by Gasteiger charge is 2.56. The third kappa shape index (κ3) is 3.12. The van der Waals surface area contributed by atoms with Crippen molar-refractivity contribution in [2.24, 2.45) is 0 Å². The first-order valence-electron chi connectivity index (χ1n) is 10.6. The zero-order chi connectivity index (χ0) is 22.5. The smallest absolute Gasteiger partial charge is 0.264 e. The summed E-state index contributed by atoms with van der Waals surface area (Å²) < 4.78 is 28.7. The number of rotatable bonds is 4. The molecular weight excluding hydrogens is 424 g/mol. The number of carbonyl (C=O) groups is 1. The molecule has 0 spiro atoms. The first kappa shape index (κ1) is 20.7. The molecule has 6 nitrogen and oxygen atoms in total. The lowest BCUT2D eigenvalue weighted by atomic mass is 9.72. The summed E-state index contributed by atoms with van der Waals surface area (Å²) in [6.07, 6.45) is 0. The van der Waals surface area contributed by atoms with Crippen molar-refractivity contribution in [3.63, 3.8) is 0 Å². The SMILES string of the molecule is Cc1cccc(S(=O)(=O)N2C[C@H]3[C@@H](c4ccccc42)[C@H](CO)N3C(=O)c2ccccc2)c1. The third-order valence-electron chi connectivity index (χ3n) is 6.48. The van der Waals surface area contributed by atoms with Crippen LogP contribution in [0, 0.1) is 6.92 Å². The van der Waals surface area contributed by atoms with E-state index >= 15 is 0 Å². The van der Waals surface area contributed by atoms with Crippen molar-refractivity contribution in [1.29, 1.82) is 0 Å². The molecule has 0 aliphatic carbocycles. The molecule has 2 heterocycles. The number of anilines is 1. The minimum Gasteiger partial charge on any atom is -0.394 e. The molecule has 0 aromatic heterocycles. The molecule has 1 fully saturated rings. The summed E-state index contributed by atoms with van der Waals surface area (Å²) in [6.45, 7) is 1.82. The van der Waals surface area contributed by atoms with Gasteiger partial charge < -0.3 is 10.0 Å². The van der Waals surface area contributed by atoms with Gasteiger partial charge in [0.2, 0.25) is 0 Å². The van der Waals surface area contributed by atoms with E-state index in [1.165, 1.54) is 4.31 Å². The van der Waals surface area contributed by atoms with Crippen LogP contribution in [0.5, 0.6) is 0 Å². The lowest BCUT2D eigenvalue weighted by Crippen LogP contribution is -2.70. The number of aliphatic hydroxyl groups excluding tert-OH is 1. The topological polar surface area (TPSA) is 77.9 Å². The van der Waals surface area contributed by atoms with E-state index in [0.717, 1.165) is 11.1 Å².